The fraction of sp³-hybridized carbons (Fsp3) is 0.600. The number of esters is 1. The van der Waals surface area contributed by atoms with E-state index < -0.39 is 5.97 Å². The average molecular weight is 263 g/mol. The minimum Gasteiger partial charge on any atom is -0.459 e. The van der Waals surface area contributed by atoms with Crippen LogP contribution in [-0.4, -0.2) is 17.1 Å². The quantitative estimate of drug-likeness (QED) is 0.834. The Morgan fingerprint density at radius 2 is 1.84 bits per heavy atom. The van der Waals surface area contributed by atoms with Gasteiger partial charge in [-0.25, -0.2) is 4.79 Å². The Labute approximate surface area is 113 Å². The van der Waals surface area contributed by atoms with Crippen molar-refractivity contribution in [1.82, 2.24) is 4.98 Å². The van der Waals surface area contributed by atoms with E-state index in [2.05, 4.69) is 4.98 Å². The van der Waals surface area contributed by atoms with Crippen molar-refractivity contribution in [2.24, 2.45) is 0 Å². The summed E-state index contributed by atoms with van der Waals surface area (Å²) in [5.41, 5.74) is 0.576. The Hall–Kier alpha value is -1.58. The highest BCUT2D eigenvalue weighted by Crippen LogP contribution is 2.20. The van der Waals surface area contributed by atoms with Crippen molar-refractivity contribution in [1.29, 1.82) is 0 Å². The first kappa shape index (κ1) is 13.8. The van der Waals surface area contributed by atoms with E-state index in [1.807, 2.05) is 0 Å². The maximum atomic E-state index is 12.0. The van der Waals surface area contributed by atoms with E-state index in [0.29, 0.717) is 0 Å². The lowest BCUT2D eigenvalue weighted by Gasteiger charge is -2.20. The predicted octanol–water partition coefficient (Wildman–Crippen LogP) is 2.95. The summed E-state index contributed by atoms with van der Waals surface area (Å²) in [6.07, 6.45) is 9.13. The smallest absolute Gasteiger partial charge is 0.343 e. The topological polar surface area (TPSA) is 59.2 Å². The largest absolute Gasteiger partial charge is 0.459 e. The van der Waals surface area contributed by atoms with Crippen molar-refractivity contribution in [3.05, 3.63) is 33.7 Å². The number of hydrogen-bond donors (Lipinski definition) is 1. The zero-order valence-electron chi connectivity index (χ0n) is 11.4. The Balaban J connectivity index is 2.01. The van der Waals surface area contributed by atoms with Crippen LogP contribution in [0, 0.1) is 6.92 Å². The number of pyridine rings is 1. The van der Waals surface area contributed by atoms with Crippen molar-refractivity contribution in [3.63, 3.8) is 0 Å². The number of hydrogen-bond acceptors (Lipinski definition) is 3. The highest BCUT2D eigenvalue weighted by molar-refractivity contribution is 5.89. The van der Waals surface area contributed by atoms with Gasteiger partial charge in [0.15, 0.2) is 5.43 Å². The summed E-state index contributed by atoms with van der Waals surface area (Å²) in [7, 11) is 0. The molecule has 1 heterocycles. The van der Waals surface area contributed by atoms with E-state index in [9.17, 15) is 9.59 Å². The van der Waals surface area contributed by atoms with Crippen LogP contribution in [-0.2, 0) is 4.74 Å². The molecule has 0 unspecified atom stereocenters. The molecule has 2 rings (SSSR count). The molecular weight excluding hydrogens is 242 g/mol. The number of ether oxygens (including phenoxy) is 1. The third kappa shape index (κ3) is 3.94. The monoisotopic (exact) mass is 263 g/mol. The molecule has 4 nitrogen and oxygen atoms in total. The van der Waals surface area contributed by atoms with Crippen molar-refractivity contribution < 1.29 is 9.53 Å². The summed E-state index contributed by atoms with van der Waals surface area (Å²) in [6, 6.07) is 1.43. The SMILES string of the molecule is Cc1cc(=O)c(C(=O)OC2CCCCCCC2)c[nH]1. The molecule has 0 atom stereocenters. The van der Waals surface area contributed by atoms with Crippen LogP contribution in [0.2, 0.25) is 0 Å². The zero-order valence-corrected chi connectivity index (χ0v) is 11.4. The van der Waals surface area contributed by atoms with E-state index in [4.69, 9.17) is 4.74 Å². The molecule has 4 heteroatoms. The Morgan fingerprint density at radius 1 is 1.21 bits per heavy atom. The molecule has 1 N–H and O–H groups in total. The minimum absolute atomic E-state index is 0.0338. The summed E-state index contributed by atoms with van der Waals surface area (Å²) < 4.78 is 5.47. The van der Waals surface area contributed by atoms with E-state index >= 15 is 0 Å². The van der Waals surface area contributed by atoms with Gasteiger partial charge in [-0.05, 0) is 32.6 Å². The zero-order chi connectivity index (χ0) is 13.7. The van der Waals surface area contributed by atoms with E-state index in [-0.39, 0.29) is 17.1 Å². The van der Waals surface area contributed by atoms with Gasteiger partial charge in [0, 0.05) is 18.0 Å². The van der Waals surface area contributed by atoms with E-state index in [1.54, 1.807) is 6.92 Å². The van der Waals surface area contributed by atoms with Crippen LogP contribution in [0.15, 0.2) is 17.1 Å². The summed E-state index contributed by atoms with van der Waals surface area (Å²) in [5.74, 6) is -0.494. The van der Waals surface area contributed by atoms with Gasteiger partial charge < -0.3 is 9.72 Å². The fourth-order valence-corrected chi connectivity index (χ4v) is 2.48. The van der Waals surface area contributed by atoms with Gasteiger partial charge in [0.25, 0.3) is 0 Å². The normalized spacial score (nSPS) is 17.5. The number of nitrogens with one attached hydrogen (secondary N) is 1. The highest BCUT2D eigenvalue weighted by Gasteiger charge is 2.19. The van der Waals surface area contributed by atoms with Gasteiger partial charge in [-0.15, -0.1) is 0 Å². The molecule has 1 fully saturated rings. The van der Waals surface area contributed by atoms with Crippen LogP contribution in [0.1, 0.15) is 61.0 Å². The summed E-state index contributed by atoms with van der Waals surface area (Å²) in [6.45, 7) is 1.78. The molecule has 0 radical (unpaired) electrons. The van der Waals surface area contributed by atoms with Gasteiger partial charge in [-0.2, -0.15) is 0 Å². The second-order valence-electron chi connectivity index (χ2n) is 5.27. The van der Waals surface area contributed by atoms with Gasteiger partial charge in [0.1, 0.15) is 11.7 Å². The second-order valence-corrected chi connectivity index (χ2v) is 5.27. The minimum atomic E-state index is -0.494. The molecular formula is C15H21NO3. The number of carbonyl (C=O) groups excluding carboxylic acids is 1. The van der Waals surface area contributed by atoms with Crippen LogP contribution in [0.25, 0.3) is 0 Å². The Kier molecular flexibility index (Phi) is 4.77. The molecule has 19 heavy (non-hydrogen) atoms. The molecule has 1 saturated carbocycles. The first-order valence-electron chi connectivity index (χ1n) is 7.07. The third-order valence-electron chi connectivity index (χ3n) is 3.60. The van der Waals surface area contributed by atoms with E-state index in [1.165, 1.54) is 31.5 Å². The maximum absolute atomic E-state index is 12.0. The van der Waals surface area contributed by atoms with Gasteiger partial charge >= 0.3 is 5.97 Å². The van der Waals surface area contributed by atoms with Gasteiger partial charge in [-0.1, -0.05) is 19.3 Å². The Bertz CT molecular complexity index is 484. The summed E-state index contributed by atoms with van der Waals surface area (Å²) in [4.78, 5) is 26.6. The van der Waals surface area contributed by atoms with Gasteiger partial charge in [-0.3, -0.25) is 4.79 Å². The number of aromatic nitrogens is 1. The molecule has 0 spiro atoms. The number of H-pyrrole nitrogens is 1. The molecule has 0 saturated heterocycles. The lowest BCUT2D eigenvalue weighted by atomic mass is 9.98. The number of rotatable bonds is 2. The lowest BCUT2D eigenvalue weighted by Crippen LogP contribution is -2.24. The summed E-state index contributed by atoms with van der Waals surface area (Å²) in [5, 5.41) is 0. The first-order valence-corrected chi connectivity index (χ1v) is 7.07. The fourth-order valence-electron chi connectivity index (χ4n) is 2.48. The molecule has 1 aromatic heterocycles. The molecule has 0 amide bonds. The highest BCUT2D eigenvalue weighted by atomic mass is 16.5. The molecule has 1 aliphatic rings. The second kappa shape index (κ2) is 6.55. The van der Waals surface area contributed by atoms with Crippen molar-refractivity contribution in [3.8, 4) is 0 Å². The Morgan fingerprint density at radius 3 is 2.47 bits per heavy atom. The number of aromatic amines is 1. The van der Waals surface area contributed by atoms with Crippen LogP contribution >= 0.6 is 0 Å². The number of carbonyl (C=O) groups is 1. The van der Waals surface area contributed by atoms with Crippen molar-refractivity contribution in [2.75, 3.05) is 0 Å². The average Bonchev–Trinajstić information content (AvgIpc) is 2.32. The van der Waals surface area contributed by atoms with Crippen LogP contribution in [0.5, 0.6) is 0 Å². The van der Waals surface area contributed by atoms with Crippen LogP contribution in [0.4, 0.5) is 0 Å². The lowest BCUT2D eigenvalue weighted by molar-refractivity contribution is 0.0237. The van der Waals surface area contributed by atoms with Crippen molar-refractivity contribution >= 4 is 5.97 Å². The van der Waals surface area contributed by atoms with Gasteiger partial charge in [0.2, 0.25) is 0 Å². The molecule has 104 valence electrons. The maximum Gasteiger partial charge on any atom is 0.343 e. The third-order valence-corrected chi connectivity index (χ3v) is 3.60. The number of aryl methyl sites for hydroxylation is 1. The van der Waals surface area contributed by atoms with Crippen LogP contribution in [0.3, 0.4) is 0 Å². The van der Waals surface area contributed by atoms with Gasteiger partial charge in [0.05, 0.1) is 0 Å². The molecule has 1 aromatic rings. The van der Waals surface area contributed by atoms with Crippen molar-refractivity contribution in [2.45, 2.75) is 58.0 Å². The molecule has 1 aliphatic carbocycles. The molecule has 0 bridgehead atoms. The predicted molar refractivity (Wildman–Crippen MR) is 73.3 cm³/mol. The molecule has 0 aromatic carbocycles. The first-order chi connectivity index (χ1) is 9.16. The molecule has 0 aliphatic heterocycles. The van der Waals surface area contributed by atoms with Crippen LogP contribution < -0.4 is 5.43 Å². The van der Waals surface area contributed by atoms with E-state index in [0.717, 1.165) is 31.4 Å². The summed E-state index contributed by atoms with van der Waals surface area (Å²) >= 11 is 0. The standard InChI is InChI=1S/C15H21NO3/c1-11-9-14(17)13(10-16-11)15(18)19-12-7-5-3-2-4-6-8-12/h9-10,12H,2-8H2,1H3,(H,16,17).